The molecule has 24 heavy (non-hydrogen) atoms. The molecular formula is C17H17ClN2O3S. The van der Waals surface area contributed by atoms with E-state index in [1.54, 1.807) is 19.1 Å². The van der Waals surface area contributed by atoms with E-state index in [0.717, 1.165) is 17.0 Å². The fourth-order valence-corrected chi connectivity index (χ4v) is 4.09. The molecule has 2 aromatic rings. The third-order valence-corrected chi connectivity index (χ3v) is 5.70. The second-order valence-corrected chi connectivity index (χ2v) is 7.33. The molecular weight excluding hydrogens is 348 g/mol. The number of hydrogen-bond acceptors (Lipinski definition) is 4. The summed E-state index contributed by atoms with van der Waals surface area (Å²) in [6, 6.07) is 6.97. The van der Waals surface area contributed by atoms with Crippen molar-refractivity contribution in [2.75, 3.05) is 0 Å². The van der Waals surface area contributed by atoms with Crippen LogP contribution < -0.4 is 5.32 Å². The minimum atomic E-state index is -0.847. The van der Waals surface area contributed by atoms with Crippen LogP contribution in [-0.4, -0.2) is 28.0 Å². The van der Waals surface area contributed by atoms with Crippen molar-refractivity contribution in [3.63, 3.8) is 0 Å². The SMILES string of the molecule is Cc1nc(-c2ccc(Cl)cc2)sc1C(=O)N[C@@H]1CCC[C@@H]1C(=O)O. The average Bonchev–Trinajstić information content (AvgIpc) is 3.14. The Morgan fingerprint density at radius 3 is 2.67 bits per heavy atom. The molecule has 0 spiro atoms. The first kappa shape index (κ1) is 16.9. The molecule has 1 aromatic carbocycles. The quantitative estimate of drug-likeness (QED) is 0.865. The van der Waals surface area contributed by atoms with E-state index in [2.05, 4.69) is 10.3 Å². The molecule has 2 atom stereocenters. The van der Waals surface area contributed by atoms with Crippen LogP contribution in [0.15, 0.2) is 24.3 Å². The first-order valence-electron chi connectivity index (χ1n) is 7.72. The monoisotopic (exact) mass is 364 g/mol. The van der Waals surface area contributed by atoms with Crippen molar-refractivity contribution in [3.8, 4) is 10.6 Å². The highest BCUT2D eigenvalue weighted by Gasteiger charge is 2.34. The van der Waals surface area contributed by atoms with Crippen LogP contribution in [0.3, 0.4) is 0 Å². The number of aryl methyl sites for hydroxylation is 1. The number of halogens is 1. The Labute approximate surface area is 148 Å². The molecule has 3 rings (SSSR count). The second kappa shape index (κ2) is 6.91. The van der Waals surface area contributed by atoms with Crippen molar-refractivity contribution in [1.29, 1.82) is 0 Å². The molecule has 0 aliphatic heterocycles. The van der Waals surface area contributed by atoms with Crippen molar-refractivity contribution < 1.29 is 14.7 Å². The highest BCUT2D eigenvalue weighted by molar-refractivity contribution is 7.17. The van der Waals surface area contributed by atoms with Gasteiger partial charge in [-0.1, -0.05) is 30.2 Å². The largest absolute Gasteiger partial charge is 0.481 e. The Kier molecular flexibility index (Phi) is 4.87. The molecule has 0 saturated heterocycles. The number of nitrogens with zero attached hydrogens (tertiary/aromatic N) is 1. The molecule has 0 unspecified atom stereocenters. The van der Waals surface area contributed by atoms with Crippen molar-refractivity contribution >= 4 is 34.8 Å². The molecule has 1 amide bonds. The van der Waals surface area contributed by atoms with Crippen molar-refractivity contribution in [2.24, 2.45) is 5.92 Å². The van der Waals surface area contributed by atoms with Gasteiger partial charge in [0.05, 0.1) is 11.6 Å². The van der Waals surface area contributed by atoms with Crippen LogP contribution in [0.25, 0.3) is 10.6 Å². The Bertz CT molecular complexity index is 773. The summed E-state index contributed by atoms with van der Waals surface area (Å²) in [7, 11) is 0. The van der Waals surface area contributed by atoms with Gasteiger partial charge in [-0.25, -0.2) is 4.98 Å². The van der Waals surface area contributed by atoms with Crippen LogP contribution in [0, 0.1) is 12.8 Å². The van der Waals surface area contributed by atoms with Crippen LogP contribution in [0.2, 0.25) is 5.02 Å². The van der Waals surface area contributed by atoms with E-state index in [1.165, 1.54) is 11.3 Å². The Morgan fingerprint density at radius 1 is 1.29 bits per heavy atom. The minimum Gasteiger partial charge on any atom is -0.481 e. The molecule has 7 heteroatoms. The van der Waals surface area contributed by atoms with Crippen LogP contribution in [0.4, 0.5) is 0 Å². The summed E-state index contributed by atoms with van der Waals surface area (Å²) in [4.78, 5) is 28.8. The summed E-state index contributed by atoms with van der Waals surface area (Å²) in [6.45, 7) is 1.79. The molecule has 126 valence electrons. The maximum Gasteiger partial charge on any atom is 0.308 e. The zero-order valence-electron chi connectivity index (χ0n) is 13.1. The number of aliphatic carboxylic acids is 1. The van der Waals surface area contributed by atoms with Crippen LogP contribution in [0.5, 0.6) is 0 Å². The molecule has 0 radical (unpaired) electrons. The smallest absolute Gasteiger partial charge is 0.308 e. The molecule has 1 aliphatic carbocycles. The van der Waals surface area contributed by atoms with Gasteiger partial charge in [0, 0.05) is 16.6 Å². The number of benzene rings is 1. The predicted molar refractivity (Wildman–Crippen MR) is 93.5 cm³/mol. The lowest BCUT2D eigenvalue weighted by molar-refractivity contribution is -0.142. The number of carboxylic acids is 1. The number of nitrogens with one attached hydrogen (secondary N) is 1. The van der Waals surface area contributed by atoms with E-state index in [0.29, 0.717) is 28.4 Å². The Hall–Kier alpha value is -1.92. The van der Waals surface area contributed by atoms with Crippen LogP contribution in [0.1, 0.15) is 34.6 Å². The molecule has 1 fully saturated rings. The van der Waals surface area contributed by atoms with E-state index >= 15 is 0 Å². The first-order chi connectivity index (χ1) is 11.5. The molecule has 1 heterocycles. The number of carbonyl (C=O) groups is 2. The van der Waals surface area contributed by atoms with E-state index in [9.17, 15) is 14.7 Å². The van der Waals surface area contributed by atoms with Gasteiger partial charge in [-0.2, -0.15) is 0 Å². The maximum absolute atomic E-state index is 12.5. The molecule has 0 bridgehead atoms. The van der Waals surface area contributed by atoms with E-state index in [4.69, 9.17) is 11.6 Å². The molecule has 2 N–H and O–H groups in total. The summed E-state index contributed by atoms with van der Waals surface area (Å²) in [5.41, 5.74) is 1.54. The Morgan fingerprint density at radius 2 is 2.00 bits per heavy atom. The fraction of sp³-hybridized carbons (Fsp3) is 0.353. The highest BCUT2D eigenvalue weighted by Crippen LogP contribution is 2.30. The second-order valence-electron chi connectivity index (χ2n) is 5.90. The number of hydrogen-bond donors (Lipinski definition) is 2. The molecule has 1 saturated carbocycles. The number of aromatic nitrogens is 1. The van der Waals surface area contributed by atoms with Crippen molar-refractivity contribution in [2.45, 2.75) is 32.2 Å². The van der Waals surface area contributed by atoms with Gasteiger partial charge < -0.3 is 10.4 Å². The Balaban J connectivity index is 1.78. The summed E-state index contributed by atoms with van der Waals surface area (Å²) in [6.07, 6.45) is 2.13. The van der Waals surface area contributed by atoms with Gasteiger partial charge >= 0.3 is 5.97 Å². The van der Waals surface area contributed by atoms with Gasteiger partial charge in [-0.15, -0.1) is 11.3 Å². The van der Waals surface area contributed by atoms with Gasteiger partial charge in [0.2, 0.25) is 0 Å². The lowest BCUT2D eigenvalue weighted by Crippen LogP contribution is -2.40. The summed E-state index contributed by atoms with van der Waals surface area (Å²) in [5.74, 6) is -1.60. The van der Waals surface area contributed by atoms with Gasteiger partial charge in [0.15, 0.2) is 0 Å². The van der Waals surface area contributed by atoms with Gasteiger partial charge in [0.1, 0.15) is 9.88 Å². The first-order valence-corrected chi connectivity index (χ1v) is 8.92. The van der Waals surface area contributed by atoms with Gasteiger partial charge in [-0.05, 0) is 31.9 Å². The lowest BCUT2D eigenvalue weighted by Gasteiger charge is -2.17. The number of amides is 1. The lowest BCUT2D eigenvalue weighted by atomic mass is 10.0. The molecule has 1 aromatic heterocycles. The third-order valence-electron chi connectivity index (χ3n) is 4.24. The molecule has 5 nitrogen and oxygen atoms in total. The van der Waals surface area contributed by atoms with Gasteiger partial charge in [-0.3, -0.25) is 9.59 Å². The molecule has 1 aliphatic rings. The predicted octanol–water partition coefficient (Wildman–Crippen LogP) is 3.76. The zero-order chi connectivity index (χ0) is 17.3. The summed E-state index contributed by atoms with van der Waals surface area (Å²) < 4.78 is 0. The topological polar surface area (TPSA) is 79.3 Å². The third kappa shape index (κ3) is 3.44. The number of rotatable bonds is 4. The van der Waals surface area contributed by atoms with E-state index in [1.807, 2.05) is 12.1 Å². The summed E-state index contributed by atoms with van der Waals surface area (Å²) in [5, 5.41) is 13.5. The average molecular weight is 365 g/mol. The van der Waals surface area contributed by atoms with Gasteiger partial charge in [0.25, 0.3) is 5.91 Å². The highest BCUT2D eigenvalue weighted by atomic mass is 35.5. The van der Waals surface area contributed by atoms with Crippen LogP contribution >= 0.6 is 22.9 Å². The standard InChI is InChI=1S/C17H17ClN2O3S/c1-9-14(15(21)20-13-4-2-3-12(13)17(22)23)24-16(19-9)10-5-7-11(18)8-6-10/h5-8,12-13H,2-4H2,1H3,(H,20,21)(H,22,23)/t12-,13+/m0/s1. The van der Waals surface area contributed by atoms with E-state index in [-0.39, 0.29) is 11.9 Å². The number of thiazole rings is 1. The maximum atomic E-state index is 12.5. The van der Waals surface area contributed by atoms with Crippen molar-refractivity contribution in [3.05, 3.63) is 39.9 Å². The van der Waals surface area contributed by atoms with E-state index < -0.39 is 11.9 Å². The fourth-order valence-electron chi connectivity index (χ4n) is 2.99. The summed E-state index contributed by atoms with van der Waals surface area (Å²) >= 11 is 7.20. The van der Waals surface area contributed by atoms with Crippen molar-refractivity contribution in [1.82, 2.24) is 10.3 Å². The zero-order valence-corrected chi connectivity index (χ0v) is 14.7. The number of carboxylic acid groups (broad SMARTS) is 1. The normalized spacial score (nSPS) is 20.1. The van der Waals surface area contributed by atoms with Crippen LogP contribution in [-0.2, 0) is 4.79 Å². The number of carbonyl (C=O) groups excluding carboxylic acids is 1. The minimum absolute atomic E-state index is 0.247.